The SMILES string of the molecule is COc1ccccc1OC(O)C(=O)[C@H]1CC[C@H](NCc2cc(Br)cc(Br)c2N)CC1. The van der Waals surface area contributed by atoms with Crippen molar-refractivity contribution in [1.82, 2.24) is 5.32 Å². The first-order valence-electron chi connectivity index (χ1n) is 9.87. The molecule has 1 aliphatic rings. The molecule has 6 nitrogen and oxygen atoms in total. The van der Waals surface area contributed by atoms with E-state index in [1.807, 2.05) is 12.1 Å². The molecule has 30 heavy (non-hydrogen) atoms. The van der Waals surface area contributed by atoms with Crippen LogP contribution in [0.3, 0.4) is 0 Å². The largest absolute Gasteiger partial charge is 0.493 e. The Morgan fingerprint density at radius 3 is 2.53 bits per heavy atom. The fourth-order valence-corrected chi connectivity index (χ4v) is 5.03. The summed E-state index contributed by atoms with van der Waals surface area (Å²) in [4.78, 5) is 12.6. The fourth-order valence-electron chi connectivity index (χ4n) is 3.72. The van der Waals surface area contributed by atoms with Gasteiger partial charge in [0.1, 0.15) is 0 Å². The zero-order valence-corrected chi connectivity index (χ0v) is 19.9. The molecular formula is C22H26Br2N2O4. The molecular weight excluding hydrogens is 516 g/mol. The number of rotatable bonds is 8. The Hall–Kier alpha value is -1.61. The lowest BCUT2D eigenvalue weighted by atomic mass is 9.83. The lowest BCUT2D eigenvalue weighted by molar-refractivity contribution is -0.146. The van der Waals surface area contributed by atoms with Crippen molar-refractivity contribution in [2.24, 2.45) is 5.92 Å². The normalized spacial score (nSPS) is 19.9. The first-order valence-corrected chi connectivity index (χ1v) is 11.5. The molecule has 162 valence electrons. The van der Waals surface area contributed by atoms with Gasteiger partial charge in [-0.3, -0.25) is 4.79 Å². The van der Waals surface area contributed by atoms with Crippen LogP contribution in [0.4, 0.5) is 5.69 Å². The van der Waals surface area contributed by atoms with E-state index in [2.05, 4.69) is 37.2 Å². The van der Waals surface area contributed by atoms with Crippen LogP contribution in [0.2, 0.25) is 0 Å². The number of nitrogen functional groups attached to an aromatic ring is 1. The molecule has 1 aliphatic carbocycles. The second-order valence-corrected chi connectivity index (χ2v) is 9.18. The molecule has 0 spiro atoms. The van der Waals surface area contributed by atoms with Crippen LogP contribution in [0.1, 0.15) is 31.2 Å². The molecule has 0 saturated heterocycles. The number of hydrogen-bond donors (Lipinski definition) is 3. The number of anilines is 1. The maximum absolute atomic E-state index is 12.6. The Labute approximate surface area is 193 Å². The van der Waals surface area contributed by atoms with Crippen LogP contribution in [-0.4, -0.2) is 30.3 Å². The lowest BCUT2D eigenvalue weighted by Gasteiger charge is -2.29. The van der Waals surface area contributed by atoms with E-state index < -0.39 is 6.29 Å². The molecule has 0 aliphatic heterocycles. The maximum atomic E-state index is 12.6. The molecule has 0 amide bonds. The number of Topliss-reactive ketones (excluding diaryl/α,β-unsaturated/α-hetero) is 1. The Balaban J connectivity index is 1.49. The fraction of sp³-hybridized carbons (Fsp3) is 0.409. The second kappa shape index (κ2) is 10.6. The third kappa shape index (κ3) is 5.75. The van der Waals surface area contributed by atoms with Crippen molar-refractivity contribution >= 4 is 43.3 Å². The molecule has 1 unspecified atom stereocenters. The van der Waals surface area contributed by atoms with Gasteiger partial charge < -0.3 is 25.6 Å². The van der Waals surface area contributed by atoms with E-state index in [1.165, 1.54) is 7.11 Å². The van der Waals surface area contributed by atoms with Gasteiger partial charge in [-0.1, -0.05) is 28.1 Å². The molecule has 8 heteroatoms. The number of carbonyl (C=O) groups excluding carboxylic acids is 1. The number of aliphatic hydroxyl groups is 1. The van der Waals surface area contributed by atoms with Crippen molar-refractivity contribution < 1.29 is 19.4 Å². The smallest absolute Gasteiger partial charge is 0.257 e. The van der Waals surface area contributed by atoms with Crippen LogP contribution in [0.5, 0.6) is 11.5 Å². The van der Waals surface area contributed by atoms with Crippen molar-refractivity contribution in [3.05, 3.63) is 50.9 Å². The molecule has 2 aromatic carbocycles. The summed E-state index contributed by atoms with van der Waals surface area (Å²) in [6.45, 7) is 0.659. The average Bonchev–Trinajstić information content (AvgIpc) is 2.75. The molecule has 1 atom stereocenters. The summed E-state index contributed by atoms with van der Waals surface area (Å²) in [7, 11) is 1.52. The monoisotopic (exact) mass is 540 g/mol. The zero-order chi connectivity index (χ0) is 21.7. The number of halogens is 2. The quantitative estimate of drug-likeness (QED) is 0.338. The third-order valence-corrected chi connectivity index (χ3v) is 6.56. The number of hydrogen-bond acceptors (Lipinski definition) is 6. The van der Waals surface area contributed by atoms with E-state index in [4.69, 9.17) is 15.2 Å². The number of ether oxygens (including phenoxy) is 2. The minimum atomic E-state index is -1.49. The summed E-state index contributed by atoms with van der Waals surface area (Å²) in [5.41, 5.74) is 7.89. The van der Waals surface area contributed by atoms with Crippen LogP contribution in [0, 0.1) is 5.92 Å². The molecule has 4 N–H and O–H groups in total. The predicted octanol–water partition coefficient (Wildman–Crippen LogP) is 4.42. The predicted molar refractivity (Wildman–Crippen MR) is 123 cm³/mol. The van der Waals surface area contributed by atoms with Gasteiger partial charge in [-0.15, -0.1) is 0 Å². The van der Waals surface area contributed by atoms with E-state index in [1.54, 1.807) is 24.3 Å². The van der Waals surface area contributed by atoms with E-state index in [0.29, 0.717) is 36.9 Å². The number of aliphatic hydroxyl groups excluding tert-OH is 1. The number of methoxy groups -OCH3 is 1. The third-order valence-electron chi connectivity index (χ3n) is 5.44. The first-order chi connectivity index (χ1) is 14.4. The summed E-state index contributed by atoms with van der Waals surface area (Å²) >= 11 is 6.96. The number of para-hydroxylation sites is 2. The minimum Gasteiger partial charge on any atom is -0.493 e. The Kier molecular flexibility index (Phi) is 8.16. The number of nitrogens with one attached hydrogen (secondary N) is 1. The number of benzene rings is 2. The van der Waals surface area contributed by atoms with Crippen LogP contribution in [0.15, 0.2) is 45.3 Å². The highest BCUT2D eigenvalue weighted by atomic mass is 79.9. The van der Waals surface area contributed by atoms with Gasteiger partial charge in [0.15, 0.2) is 11.5 Å². The summed E-state index contributed by atoms with van der Waals surface area (Å²) < 4.78 is 12.5. The van der Waals surface area contributed by atoms with Crippen LogP contribution >= 0.6 is 31.9 Å². The van der Waals surface area contributed by atoms with Crippen molar-refractivity contribution in [2.75, 3.05) is 12.8 Å². The molecule has 3 rings (SSSR count). The van der Waals surface area contributed by atoms with E-state index in [0.717, 1.165) is 33.0 Å². The first kappa shape index (κ1) is 23.1. The molecule has 0 heterocycles. The van der Waals surface area contributed by atoms with Gasteiger partial charge in [0, 0.05) is 27.4 Å². The molecule has 2 aromatic rings. The zero-order valence-electron chi connectivity index (χ0n) is 16.7. The van der Waals surface area contributed by atoms with Crippen molar-refractivity contribution in [1.29, 1.82) is 0 Å². The highest BCUT2D eigenvalue weighted by molar-refractivity contribution is 9.11. The number of ketones is 1. The number of carbonyl (C=O) groups is 1. The van der Waals surface area contributed by atoms with Crippen LogP contribution in [0.25, 0.3) is 0 Å². The highest BCUT2D eigenvalue weighted by Crippen LogP contribution is 2.31. The molecule has 1 fully saturated rings. The average molecular weight is 542 g/mol. The minimum absolute atomic E-state index is 0.210. The molecule has 1 saturated carbocycles. The van der Waals surface area contributed by atoms with E-state index >= 15 is 0 Å². The molecule has 0 bridgehead atoms. The topological polar surface area (TPSA) is 93.8 Å². The van der Waals surface area contributed by atoms with Crippen molar-refractivity contribution in [3.63, 3.8) is 0 Å². The summed E-state index contributed by atoms with van der Waals surface area (Å²) in [5.74, 6) is 0.349. The maximum Gasteiger partial charge on any atom is 0.257 e. The lowest BCUT2D eigenvalue weighted by Crippen LogP contribution is -2.39. The van der Waals surface area contributed by atoms with Gasteiger partial charge in [0.05, 0.1) is 12.8 Å². The Bertz CT molecular complexity index is 885. The second-order valence-electron chi connectivity index (χ2n) is 7.41. The molecule has 0 aromatic heterocycles. The van der Waals surface area contributed by atoms with Crippen LogP contribution in [-0.2, 0) is 11.3 Å². The Morgan fingerprint density at radius 2 is 1.87 bits per heavy atom. The highest BCUT2D eigenvalue weighted by Gasteiger charge is 2.31. The Morgan fingerprint density at radius 1 is 1.20 bits per heavy atom. The van der Waals surface area contributed by atoms with Gasteiger partial charge in [-0.05, 0) is 71.4 Å². The van der Waals surface area contributed by atoms with Gasteiger partial charge in [-0.2, -0.15) is 0 Å². The number of nitrogens with two attached hydrogens (primary N) is 1. The summed E-state index contributed by atoms with van der Waals surface area (Å²) in [5, 5.41) is 13.8. The van der Waals surface area contributed by atoms with Gasteiger partial charge in [0.2, 0.25) is 5.78 Å². The van der Waals surface area contributed by atoms with Crippen molar-refractivity contribution in [3.8, 4) is 11.5 Å². The standard InChI is InChI=1S/C22H26Br2N2O4/c1-29-18-4-2-3-5-19(18)30-22(28)21(27)13-6-8-16(9-7-13)26-12-14-10-15(23)11-17(24)20(14)25/h2-5,10-11,13,16,22,26,28H,6-9,12,25H2,1H3/t13-,16-,22?. The van der Waals surface area contributed by atoms with E-state index in [9.17, 15) is 9.90 Å². The summed E-state index contributed by atoms with van der Waals surface area (Å²) in [6, 6.07) is 11.2. The van der Waals surface area contributed by atoms with Crippen molar-refractivity contribution in [2.45, 2.75) is 44.6 Å². The van der Waals surface area contributed by atoms with Gasteiger partial charge in [0.25, 0.3) is 6.29 Å². The van der Waals surface area contributed by atoms with Gasteiger partial charge >= 0.3 is 0 Å². The summed E-state index contributed by atoms with van der Waals surface area (Å²) in [6.07, 6.45) is 1.63. The van der Waals surface area contributed by atoms with Gasteiger partial charge in [-0.25, -0.2) is 0 Å². The van der Waals surface area contributed by atoms with E-state index in [-0.39, 0.29) is 11.7 Å². The molecule has 0 radical (unpaired) electrons. The van der Waals surface area contributed by atoms with Crippen LogP contribution < -0.4 is 20.5 Å².